The van der Waals surface area contributed by atoms with Crippen molar-refractivity contribution in [1.82, 2.24) is 4.90 Å². The van der Waals surface area contributed by atoms with Crippen LogP contribution < -0.4 is 0 Å². The van der Waals surface area contributed by atoms with Crippen LogP contribution in [0.4, 0.5) is 13.2 Å². The Morgan fingerprint density at radius 3 is 2.50 bits per heavy atom. The number of alkyl halides is 2. The van der Waals surface area contributed by atoms with Crippen molar-refractivity contribution in [3.63, 3.8) is 0 Å². The van der Waals surface area contributed by atoms with Crippen LogP contribution in [-0.4, -0.2) is 43.5 Å². The normalized spacial score (nSPS) is 26.2. The minimum absolute atomic E-state index is 0.0664. The zero-order chi connectivity index (χ0) is 17.7. The van der Waals surface area contributed by atoms with Gasteiger partial charge < -0.3 is 4.90 Å². The number of likely N-dealkylation sites (tertiary alicyclic amines) is 1. The van der Waals surface area contributed by atoms with E-state index in [0.29, 0.717) is 6.42 Å². The van der Waals surface area contributed by atoms with Crippen LogP contribution in [0, 0.1) is 11.7 Å². The van der Waals surface area contributed by atoms with Crippen molar-refractivity contribution in [2.75, 3.05) is 13.1 Å². The van der Waals surface area contributed by atoms with Gasteiger partial charge in [-0.2, -0.15) is 0 Å². The summed E-state index contributed by atoms with van der Waals surface area (Å²) in [5.74, 6) is -4.50. The number of sulfone groups is 1. The van der Waals surface area contributed by atoms with E-state index < -0.39 is 51.7 Å². The molecule has 0 spiro atoms. The maximum absolute atomic E-state index is 13.1. The first-order chi connectivity index (χ1) is 11.1. The maximum Gasteiger partial charge on any atom is 0.282 e. The summed E-state index contributed by atoms with van der Waals surface area (Å²) in [5.41, 5.74) is 0. The number of benzene rings is 1. The Kier molecular flexibility index (Phi) is 4.32. The molecule has 1 heterocycles. The van der Waals surface area contributed by atoms with Gasteiger partial charge in [0.05, 0.1) is 28.3 Å². The van der Waals surface area contributed by atoms with Gasteiger partial charge in [-0.25, -0.2) is 21.6 Å². The fourth-order valence-electron chi connectivity index (χ4n) is 3.26. The molecule has 2 aliphatic rings. The number of rotatable bonds is 3. The second-order valence-corrected chi connectivity index (χ2v) is 8.91. The van der Waals surface area contributed by atoms with E-state index in [-0.39, 0.29) is 22.8 Å². The molecule has 1 saturated heterocycles. The monoisotopic (exact) mass is 381 g/mol. The molecule has 3 rings (SSSR count). The number of halogens is 4. The van der Waals surface area contributed by atoms with Gasteiger partial charge >= 0.3 is 0 Å². The average molecular weight is 382 g/mol. The van der Waals surface area contributed by atoms with Crippen LogP contribution in [-0.2, 0) is 14.6 Å². The third kappa shape index (κ3) is 3.13. The van der Waals surface area contributed by atoms with Gasteiger partial charge in [-0.05, 0) is 37.5 Å². The highest BCUT2D eigenvalue weighted by Crippen LogP contribution is 2.38. The maximum atomic E-state index is 13.1. The van der Waals surface area contributed by atoms with E-state index in [1.165, 1.54) is 0 Å². The van der Waals surface area contributed by atoms with E-state index in [1.807, 2.05) is 0 Å². The average Bonchev–Trinajstić information content (AvgIpc) is 2.94. The highest BCUT2D eigenvalue weighted by Gasteiger charge is 2.49. The van der Waals surface area contributed by atoms with Crippen LogP contribution in [0.3, 0.4) is 0 Å². The smallest absolute Gasteiger partial charge is 0.282 e. The van der Waals surface area contributed by atoms with E-state index in [4.69, 9.17) is 11.6 Å². The highest BCUT2D eigenvalue weighted by atomic mass is 35.5. The Morgan fingerprint density at radius 1 is 1.25 bits per heavy atom. The van der Waals surface area contributed by atoms with Gasteiger partial charge in [0.25, 0.3) is 5.92 Å². The van der Waals surface area contributed by atoms with E-state index in [2.05, 4.69) is 0 Å². The van der Waals surface area contributed by atoms with Crippen LogP contribution in [0.5, 0.6) is 0 Å². The lowest BCUT2D eigenvalue weighted by Crippen LogP contribution is -2.59. The van der Waals surface area contributed by atoms with Crippen LogP contribution in [0.2, 0.25) is 5.02 Å². The molecule has 0 bridgehead atoms. The fraction of sp³-hybridized carbons (Fsp3) is 0.533. The Bertz CT molecular complexity index is 776. The van der Waals surface area contributed by atoms with Crippen LogP contribution in [0.25, 0.3) is 0 Å². The molecule has 2 atom stereocenters. The molecule has 0 unspecified atom stereocenters. The lowest BCUT2D eigenvalue weighted by molar-refractivity contribution is -0.169. The molecule has 0 radical (unpaired) electrons. The van der Waals surface area contributed by atoms with E-state index in [0.717, 1.165) is 23.1 Å². The Morgan fingerprint density at radius 2 is 1.92 bits per heavy atom. The van der Waals surface area contributed by atoms with Gasteiger partial charge in [-0.15, -0.1) is 0 Å². The van der Waals surface area contributed by atoms with Crippen LogP contribution >= 0.6 is 11.6 Å². The first kappa shape index (κ1) is 17.5. The third-order valence-corrected chi connectivity index (χ3v) is 7.23. The number of carbonyl (C=O) groups is 1. The summed E-state index contributed by atoms with van der Waals surface area (Å²) in [6.07, 6.45) is 0.636. The highest BCUT2D eigenvalue weighted by molar-refractivity contribution is 7.92. The number of hydrogen-bond donors (Lipinski definition) is 0. The summed E-state index contributed by atoms with van der Waals surface area (Å²) in [5, 5.41) is -1.02. The summed E-state index contributed by atoms with van der Waals surface area (Å²) in [4.78, 5) is 13.1. The summed E-state index contributed by atoms with van der Waals surface area (Å²) in [6.45, 7) is -1.22. The molecule has 2 fully saturated rings. The topological polar surface area (TPSA) is 54.5 Å². The first-order valence-electron chi connectivity index (χ1n) is 7.46. The van der Waals surface area contributed by atoms with Gasteiger partial charge in [-0.3, -0.25) is 4.79 Å². The third-order valence-electron chi connectivity index (χ3n) is 4.53. The number of hydrogen-bond acceptors (Lipinski definition) is 3. The SMILES string of the molecule is O=C([C@@H]1CC[C@@H](S(=O)(=O)c2ccc(F)cc2Cl)C1)N1CC(F)(F)C1. The molecular formula is C15H15ClF3NO3S. The minimum atomic E-state index is -3.81. The molecule has 0 N–H and O–H groups in total. The van der Waals surface area contributed by atoms with Crippen LogP contribution in [0.15, 0.2) is 23.1 Å². The number of nitrogens with zero attached hydrogens (tertiary/aromatic N) is 1. The van der Waals surface area contributed by atoms with Crippen LogP contribution in [0.1, 0.15) is 19.3 Å². The molecule has 1 amide bonds. The molecular weight excluding hydrogens is 367 g/mol. The summed E-state index contributed by atoms with van der Waals surface area (Å²) >= 11 is 5.83. The van der Waals surface area contributed by atoms with Gasteiger partial charge in [0.2, 0.25) is 5.91 Å². The zero-order valence-corrected chi connectivity index (χ0v) is 14.1. The summed E-state index contributed by atoms with van der Waals surface area (Å²) < 4.78 is 64.1. The Hall–Kier alpha value is -1.28. The van der Waals surface area contributed by atoms with Crippen molar-refractivity contribution in [3.8, 4) is 0 Å². The minimum Gasteiger partial charge on any atom is -0.330 e. The van der Waals surface area contributed by atoms with E-state index in [1.54, 1.807) is 0 Å². The second-order valence-electron chi connectivity index (χ2n) is 6.30. The lowest BCUT2D eigenvalue weighted by atomic mass is 10.0. The number of carbonyl (C=O) groups excluding carboxylic acids is 1. The van der Waals surface area contributed by atoms with Crippen molar-refractivity contribution < 1.29 is 26.4 Å². The molecule has 0 aromatic heterocycles. The van der Waals surface area contributed by atoms with Crippen molar-refractivity contribution in [2.45, 2.75) is 35.3 Å². The Balaban J connectivity index is 1.72. The lowest BCUT2D eigenvalue weighted by Gasteiger charge is -2.40. The largest absolute Gasteiger partial charge is 0.330 e. The van der Waals surface area contributed by atoms with Gasteiger partial charge in [0.15, 0.2) is 9.84 Å². The van der Waals surface area contributed by atoms with E-state index in [9.17, 15) is 26.4 Å². The predicted molar refractivity (Wildman–Crippen MR) is 81.3 cm³/mol. The molecule has 1 aliphatic carbocycles. The van der Waals surface area contributed by atoms with Crippen molar-refractivity contribution >= 4 is 27.3 Å². The molecule has 1 saturated carbocycles. The van der Waals surface area contributed by atoms with Crippen molar-refractivity contribution in [1.29, 1.82) is 0 Å². The molecule has 1 aliphatic heterocycles. The quantitative estimate of drug-likeness (QED) is 0.756. The molecule has 1 aromatic carbocycles. The standard InChI is InChI=1S/C15H15ClF3NO3S/c16-12-6-10(17)2-4-13(12)24(22,23)11-3-1-9(5-11)14(21)20-7-15(18,19)8-20/h2,4,6,9,11H,1,3,5,7-8H2/t9-,11-/m1/s1. The zero-order valence-electron chi connectivity index (χ0n) is 12.5. The fourth-order valence-corrected chi connectivity index (χ4v) is 5.63. The van der Waals surface area contributed by atoms with Crippen molar-refractivity contribution in [3.05, 3.63) is 29.0 Å². The molecule has 4 nitrogen and oxygen atoms in total. The van der Waals surface area contributed by atoms with E-state index >= 15 is 0 Å². The molecule has 132 valence electrons. The van der Waals surface area contributed by atoms with Crippen molar-refractivity contribution in [2.24, 2.45) is 5.92 Å². The van der Waals surface area contributed by atoms with Gasteiger partial charge in [-0.1, -0.05) is 11.6 Å². The number of amides is 1. The second kappa shape index (κ2) is 5.91. The summed E-state index contributed by atoms with van der Waals surface area (Å²) in [7, 11) is -3.81. The molecule has 24 heavy (non-hydrogen) atoms. The van der Waals surface area contributed by atoms with Gasteiger partial charge in [0.1, 0.15) is 5.82 Å². The van der Waals surface area contributed by atoms with Gasteiger partial charge in [0, 0.05) is 5.92 Å². The summed E-state index contributed by atoms with van der Waals surface area (Å²) in [6, 6.07) is 3.05. The predicted octanol–water partition coefficient (Wildman–Crippen LogP) is 2.90. The Labute approximate surface area is 142 Å². The first-order valence-corrected chi connectivity index (χ1v) is 9.38. The molecule has 1 aromatic rings. The molecule has 9 heteroatoms.